The largest absolute Gasteiger partial charge is 0.389 e. The Morgan fingerprint density at radius 2 is 2.11 bits per heavy atom. The number of anilines is 1. The first-order valence-corrected chi connectivity index (χ1v) is 13.0. The third-order valence-electron chi connectivity index (χ3n) is 7.49. The number of hydrogen-bond donors (Lipinski definition) is 4. The van der Waals surface area contributed by atoms with Gasteiger partial charge in [-0.15, -0.1) is 12.3 Å². The van der Waals surface area contributed by atoms with E-state index < -0.39 is 23.7 Å². The number of unbranched alkanes of at least 4 members (excludes halogenated alkanes) is 3. The summed E-state index contributed by atoms with van der Waals surface area (Å²) in [6, 6.07) is 6.94. The normalized spacial score (nSPS) is 25.2. The van der Waals surface area contributed by atoms with Crippen LogP contribution >= 0.6 is 11.6 Å². The maximum absolute atomic E-state index is 12.6. The number of fused-ring (bicyclic) bond motifs is 2. The van der Waals surface area contributed by atoms with Crippen LogP contribution in [0.1, 0.15) is 49.5 Å². The first kappa shape index (κ1) is 26.0. The average Bonchev–Trinajstić information content (AvgIpc) is 3.45. The van der Waals surface area contributed by atoms with Crippen LogP contribution in [-0.4, -0.2) is 54.9 Å². The van der Waals surface area contributed by atoms with E-state index in [0.717, 1.165) is 24.8 Å². The van der Waals surface area contributed by atoms with E-state index >= 15 is 0 Å². The molecule has 0 aliphatic heterocycles. The van der Waals surface area contributed by atoms with Crippen molar-refractivity contribution >= 4 is 34.5 Å². The third kappa shape index (κ3) is 4.58. The van der Waals surface area contributed by atoms with Crippen LogP contribution in [0, 0.1) is 35.5 Å². The number of nitrogens with zero attached hydrogens (tertiary/aromatic N) is 4. The average molecular weight is 533 g/mol. The molecule has 0 saturated heterocycles. The number of benzene rings is 1. The second kappa shape index (κ2) is 10.6. The van der Waals surface area contributed by atoms with Crippen LogP contribution in [0.4, 0.5) is 5.82 Å². The molecule has 2 fully saturated rings. The number of aliphatic hydroxyl groups excluding tert-OH is 2. The van der Waals surface area contributed by atoms with Crippen LogP contribution in [0.2, 0.25) is 5.02 Å². The molecule has 38 heavy (non-hydrogen) atoms. The molecule has 1 amide bonds. The lowest BCUT2D eigenvalue weighted by atomic mass is 9.98. The van der Waals surface area contributed by atoms with Gasteiger partial charge >= 0.3 is 0 Å². The zero-order valence-electron chi connectivity index (χ0n) is 21.0. The molecule has 196 valence electrons. The molecule has 2 aliphatic rings. The highest BCUT2D eigenvalue weighted by molar-refractivity contribution is 6.30. The van der Waals surface area contributed by atoms with Gasteiger partial charge in [-0.2, -0.15) is 0 Å². The number of carbonyl (C=O) groups is 1. The Balaban J connectivity index is 1.49. The van der Waals surface area contributed by atoms with Crippen molar-refractivity contribution in [3.8, 4) is 24.2 Å². The molecule has 9 nitrogen and oxygen atoms in total. The van der Waals surface area contributed by atoms with Crippen molar-refractivity contribution in [1.29, 1.82) is 0 Å². The molecule has 2 heterocycles. The van der Waals surface area contributed by atoms with E-state index in [-0.39, 0.29) is 11.8 Å². The molecule has 2 saturated carbocycles. The molecule has 1 unspecified atom stereocenters. The summed E-state index contributed by atoms with van der Waals surface area (Å²) in [5.41, 5.74) is 0.942. The van der Waals surface area contributed by atoms with Gasteiger partial charge in [-0.05, 0) is 42.9 Å². The monoisotopic (exact) mass is 532 g/mol. The standard InChI is InChI=1S/C28H29ClN6O3/c1-3-4-5-6-7-8-12-20-33-25(31-15-17-10-9-11-18(29)13-17)21-26(34-20)35(16-32-21)22-19-14-28(19,27(38)30-2)24(37)23(22)36/h1,9-11,13,16,19,22-24,36-37H,4-7,14-15H2,2H3,(H,30,38)(H,31,33,34)/t19?,22-,23+,24+,28-/m1/s1. The highest BCUT2D eigenvalue weighted by atomic mass is 35.5. The summed E-state index contributed by atoms with van der Waals surface area (Å²) in [5.74, 6) is 9.08. The van der Waals surface area contributed by atoms with Gasteiger partial charge in [-0.1, -0.05) is 29.7 Å². The number of halogens is 1. The van der Waals surface area contributed by atoms with Crippen LogP contribution < -0.4 is 10.6 Å². The molecule has 0 radical (unpaired) electrons. The van der Waals surface area contributed by atoms with E-state index in [0.29, 0.717) is 47.2 Å². The Hall–Kier alpha value is -3.63. The van der Waals surface area contributed by atoms with Gasteiger partial charge in [0.05, 0.1) is 23.9 Å². The van der Waals surface area contributed by atoms with Gasteiger partial charge in [0, 0.05) is 37.4 Å². The van der Waals surface area contributed by atoms with Gasteiger partial charge in [0.25, 0.3) is 0 Å². The number of aromatic nitrogens is 4. The van der Waals surface area contributed by atoms with Gasteiger partial charge in [-0.3, -0.25) is 4.79 Å². The molecule has 5 rings (SSSR count). The zero-order chi connectivity index (χ0) is 26.9. The number of rotatable bonds is 8. The van der Waals surface area contributed by atoms with Crippen molar-refractivity contribution < 1.29 is 15.0 Å². The summed E-state index contributed by atoms with van der Waals surface area (Å²) < 4.78 is 1.75. The summed E-state index contributed by atoms with van der Waals surface area (Å²) in [4.78, 5) is 26.4. The summed E-state index contributed by atoms with van der Waals surface area (Å²) >= 11 is 6.14. The third-order valence-corrected chi connectivity index (χ3v) is 7.72. The molecule has 10 heteroatoms. The Labute approximate surface area is 226 Å². The Bertz CT molecular complexity index is 1470. The summed E-state index contributed by atoms with van der Waals surface area (Å²) in [5, 5.41) is 28.4. The molecular weight excluding hydrogens is 504 g/mol. The summed E-state index contributed by atoms with van der Waals surface area (Å²) in [6.45, 7) is 0.450. The first-order chi connectivity index (χ1) is 18.4. The fourth-order valence-corrected chi connectivity index (χ4v) is 5.73. The quantitative estimate of drug-likeness (QED) is 0.259. The van der Waals surface area contributed by atoms with E-state index in [1.54, 1.807) is 10.9 Å². The second-order valence-electron chi connectivity index (χ2n) is 9.77. The number of aliphatic hydroxyl groups is 2. The Kier molecular flexibility index (Phi) is 7.27. The maximum Gasteiger partial charge on any atom is 0.229 e. The molecule has 0 spiro atoms. The highest BCUT2D eigenvalue weighted by Crippen LogP contribution is 2.67. The minimum atomic E-state index is -1.18. The van der Waals surface area contributed by atoms with E-state index in [4.69, 9.17) is 18.0 Å². The smallest absolute Gasteiger partial charge is 0.229 e. The van der Waals surface area contributed by atoms with Crippen LogP contribution in [-0.2, 0) is 11.3 Å². The van der Waals surface area contributed by atoms with E-state index in [2.05, 4.69) is 43.3 Å². The fourth-order valence-electron chi connectivity index (χ4n) is 5.52. The van der Waals surface area contributed by atoms with Gasteiger partial charge in [0.15, 0.2) is 17.0 Å². The number of imidazole rings is 1. The molecule has 5 atom stereocenters. The predicted molar refractivity (Wildman–Crippen MR) is 144 cm³/mol. The van der Waals surface area contributed by atoms with Gasteiger partial charge in [0.2, 0.25) is 11.7 Å². The minimum absolute atomic E-state index is 0.242. The van der Waals surface area contributed by atoms with Crippen LogP contribution in [0.25, 0.3) is 11.2 Å². The number of amides is 1. The van der Waals surface area contributed by atoms with E-state index in [1.807, 2.05) is 24.3 Å². The maximum atomic E-state index is 12.6. The summed E-state index contributed by atoms with van der Waals surface area (Å²) in [7, 11) is 1.54. The van der Waals surface area contributed by atoms with Crippen molar-refractivity contribution in [3.63, 3.8) is 0 Å². The van der Waals surface area contributed by atoms with Crippen molar-refractivity contribution in [2.75, 3.05) is 12.4 Å². The van der Waals surface area contributed by atoms with Crippen LogP contribution in [0.3, 0.4) is 0 Å². The van der Waals surface area contributed by atoms with Crippen molar-refractivity contribution in [2.24, 2.45) is 11.3 Å². The van der Waals surface area contributed by atoms with E-state index in [1.165, 1.54) is 7.05 Å². The van der Waals surface area contributed by atoms with Gasteiger partial charge < -0.3 is 25.4 Å². The molecule has 2 aliphatic carbocycles. The Morgan fingerprint density at radius 1 is 1.29 bits per heavy atom. The fraction of sp³-hybridized carbons (Fsp3) is 0.429. The van der Waals surface area contributed by atoms with Crippen LogP contribution in [0.15, 0.2) is 30.6 Å². The van der Waals surface area contributed by atoms with Gasteiger partial charge in [0.1, 0.15) is 6.10 Å². The minimum Gasteiger partial charge on any atom is -0.389 e. The second-order valence-corrected chi connectivity index (χ2v) is 10.2. The highest BCUT2D eigenvalue weighted by Gasteiger charge is 2.75. The van der Waals surface area contributed by atoms with Crippen molar-refractivity contribution in [1.82, 2.24) is 24.8 Å². The van der Waals surface area contributed by atoms with Gasteiger partial charge in [-0.25, -0.2) is 15.0 Å². The Morgan fingerprint density at radius 3 is 2.87 bits per heavy atom. The van der Waals surface area contributed by atoms with Crippen molar-refractivity contribution in [3.05, 3.63) is 47.0 Å². The lowest BCUT2D eigenvalue weighted by molar-refractivity contribution is -0.132. The van der Waals surface area contributed by atoms with E-state index in [9.17, 15) is 15.0 Å². The van der Waals surface area contributed by atoms with Crippen LogP contribution in [0.5, 0.6) is 0 Å². The first-order valence-electron chi connectivity index (χ1n) is 12.6. The zero-order valence-corrected chi connectivity index (χ0v) is 21.7. The molecule has 2 aromatic heterocycles. The molecular formula is C28H29ClN6O3. The summed E-state index contributed by atoms with van der Waals surface area (Å²) in [6.07, 6.45) is 8.22. The molecule has 4 N–H and O–H groups in total. The number of carbonyl (C=O) groups excluding carboxylic acids is 1. The molecule has 1 aromatic carbocycles. The predicted octanol–water partition coefficient (Wildman–Crippen LogP) is 2.67. The number of nitrogens with one attached hydrogen (secondary N) is 2. The lowest BCUT2D eigenvalue weighted by Crippen LogP contribution is -2.41. The lowest BCUT2D eigenvalue weighted by Gasteiger charge is -2.23. The molecule has 3 aromatic rings. The molecule has 0 bridgehead atoms. The number of hydrogen-bond acceptors (Lipinski definition) is 7. The topological polar surface area (TPSA) is 125 Å². The number of terminal acetylenes is 1. The SMILES string of the molecule is C#CCCCCC#Cc1nc(NCc2cccc(Cl)c2)c2ncn([C@@H]3C4C[C@]4(C(=O)NC)[C@@H](O)[C@H]3O)c2n1. The van der Waals surface area contributed by atoms with Crippen molar-refractivity contribution in [2.45, 2.75) is 56.9 Å².